The molecule has 1 aromatic carbocycles. The highest BCUT2D eigenvalue weighted by molar-refractivity contribution is 5.96. The van der Waals surface area contributed by atoms with E-state index in [1.165, 1.54) is 19.4 Å². The van der Waals surface area contributed by atoms with E-state index in [9.17, 15) is 13.2 Å². The summed E-state index contributed by atoms with van der Waals surface area (Å²) >= 11 is 0. The molecule has 2 aromatic rings. The molecule has 2 N–H and O–H groups in total. The largest absolute Gasteiger partial charge is 0.493 e. The molecule has 0 atom stereocenters. The summed E-state index contributed by atoms with van der Waals surface area (Å²) < 4.78 is 46.6. The first-order valence-corrected chi connectivity index (χ1v) is 5.33. The van der Waals surface area contributed by atoms with Gasteiger partial charge in [0.2, 0.25) is 0 Å². The van der Waals surface area contributed by atoms with E-state index in [0.717, 1.165) is 0 Å². The summed E-state index contributed by atoms with van der Waals surface area (Å²) in [6, 6.07) is 4.55. The Balaban J connectivity index is 2.53. The fourth-order valence-electron chi connectivity index (χ4n) is 1.68. The van der Waals surface area contributed by atoms with Crippen LogP contribution in [0.5, 0.6) is 11.5 Å². The third-order valence-corrected chi connectivity index (χ3v) is 2.44. The number of anilines is 1. The molecule has 0 aliphatic heterocycles. The lowest BCUT2D eigenvalue weighted by atomic mass is 10.1. The van der Waals surface area contributed by atoms with Gasteiger partial charge in [0.05, 0.1) is 18.3 Å². The molecule has 4 nitrogen and oxygen atoms in total. The number of nitrogens with zero attached hydrogens (tertiary/aromatic N) is 1. The molecule has 0 spiro atoms. The molecule has 1 aromatic heterocycles. The number of fused-ring (bicyclic) bond motifs is 1. The standard InChI is InChI=1S/C12H11F3N2O2/c1-18-9-5-8(16)10-7(3-2-4-17-10)11(9)19-6-12(13,14)15/h2-5H,6,16H2,1H3. The highest BCUT2D eigenvalue weighted by Gasteiger charge is 2.29. The van der Waals surface area contributed by atoms with Gasteiger partial charge in [-0.15, -0.1) is 0 Å². The summed E-state index contributed by atoms with van der Waals surface area (Å²) in [5, 5.41) is 0.378. The molecule has 0 saturated carbocycles. The van der Waals surface area contributed by atoms with Gasteiger partial charge in [0.25, 0.3) is 0 Å². The van der Waals surface area contributed by atoms with Crippen LogP contribution < -0.4 is 15.2 Å². The van der Waals surface area contributed by atoms with Gasteiger partial charge in [0.1, 0.15) is 0 Å². The molecule has 0 unspecified atom stereocenters. The zero-order chi connectivity index (χ0) is 14.0. The molecule has 0 fully saturated rings. The molecular formula is C12H11F3N2O2. The minimum atomic E-state index is -4.43. The second kappa shape index (κ2) is 4.83. The molecule has 0 bridgehead atoms. The van der Waals surface area contributed by atoms with Crippen LogP contribution in [0, 0.1) is 0 Å². The maximum absolute atomic E-state index is 12.3. The summed E-state index contributed by atoms with van der Waals surface area (Å²) in [6.45, 7) is -1.41. The summed E-state index contributed by atoms with van der Waals surface area (Å²) in [7, 11) is 1.33. The molecule has 1 heterocycles. The van der Waals surface area contributed by atoms with Gasteiger partial charge in [-0.3, -0.25) is 4.98 Å². The quantitative estimate of drug-likeness (QED) is 0.873. The Morgan fingerprint density at radius 2 is 2.11 bits per heavy atom. The minimum Gasteiger partial charge on any atom is -0.493 e. The summed E-state index contributed by atoms with van der Waals surface area (Å²) in [5.74, 6) is 0.124. The Kier molecular flexibility index (Phi) is 3.37. The third-order valence-electron chi connectivity index (χ3n) is 2.44. The zero-order valence-electron chi connectivity index (χ0n) is 9.99. The van der Waals surface area contributed by atoms with Crippen LogP contribution in [-0.4, -0.2) is 24.9 Å². The molecule has 0 amide bonds. The molecule has 7 heteroatoms. The molecule has 19 heavy (non-hydrogen) atoms. The second-order valence-electron chi connectivity index (χ2n) is 3.80. The Morgan fingerprint density at radius 3 is 2.74 bits per heavy atom. The maximum atomic E-state index is 12.3. The molecule has 0 radical (unpaired) electrons. The van der Waals surface area contributed by atoms with E-state index in [1.807, 2.05) is 0 Å². The number of aromatic nitrogens is 1. The number of hydrogen-bond acceptors (Lipinski definition) is 4. The number of rotatable bonds is 3. The number of benzene rings is 1. The number of pyridine rings is 1. The fourth-order valence-corrected chi connectivity index (χ4v) is 1.68. The summed E-state index contributed by atoms with van der Waals surface area (Å²) in [6.07, 6.45) is -2.93. The van der Waals surface area contributed by atoms with Crippen LogP contribution in [0.15, 0.2) is 24.4 Å². The van der Waals surface area contributed by atoms with Crippen LogP contribution in [0.4, 0.5) is 18.9 Å². The average molecular weight is 272 g/mol. The number of hydrogen-bond donors (Lipinski definition) is 1. The second-order valence-corrected chi connectivity index (χ2v) is 3.80. The lowest BCUT2D eigenvalue weighted by molar-refractivity contribution is -0.153. The maximum Gasteiger partial charge on any atom is 0.422 e. The summed E-state index contributed by atoms with van der Waals surface area (Å²) in [4.78, 5) is 4.02. The van der Waals surface area contributed by atoms with Crippen LogP contribution in [0.25, 0.3) is 10.9 Å². The highest BCUT2D eigenvalue weighted by atomic mass is 19.4. The predicted octanol–water partition coefficient (Wildman–Crippen LogP) is 2.77. The Hall–Kier alpha value is -2.18. The van der Waals surface area contributed by atoms with Gasteiger partial charge in [-0.05, 0) is 12.1 Å². The van der Waals surface area contributed by atoms with Gasteiger partial charge in [-0.25, -0.2) is 0 Å². The van der Waals surface area contributed by atoms with Gasteiger partial charge in [0.15, 0.2) is 18.1 Å². The van der Waals surface area contributed by atoms with Crippen LogP contribution in [-0.2, 0) is 0 Å². The fraction of sp³-hybridized carbons (Fsp3) is 0.250. The van der Waals surface area contributed by atoms with Crippen molar-refractivity contribution in [3.63, 3.8) is 0 Å². The normalized spacial score (nSPS) is 11.6. The third kappa shape index (κ3) is 2.81. The zero-order valence-corrected chi connectivity index (χ0v) is 9.99. The van der Waals surface area contributed by atoms with Crippen LogP contribution in [0.1, 0.15) is 0 Å². The minimum absolute atomic E-state index is 0.0166. The number of ether oxygens (including phenoxy) is 2. The van der Waals surface area contributed by atoms with E-state index < -0.39 is 12.8 Å². The van der Waals surface area contributed by atoms with E-state index >= 15 is 0 Å². The van der Waals surface area contributed by atoms with Gasteiger partial charge >= 0.3 is 6.18 Å². The number of alkyl halides is 3. The number of methoxy groups -OCH3 is 1. The van der Waals surface area contributed by atoms with E-state index in [4.69, 9.17) is 15.2 Å². The van der Waals surface area contributed by atoms with Crippen molar-refractivity contribution in [3.05, 3.63) is 24.4 Å². The first-order valence-electron chi connectivity index (χ1n) is 5.33. The van der Waals surface area contributed by atoms with Crippen molar-refractivity contribution >= 4 is 16.6 Å². The topological polar surface area (TPSA) is 57.4 Å². The van der Waals surface area contributed by atoms with Crippen molar-refractivity contribution < 1.29 is 22.6 Å². The van der Waals surface area contributed by atoms with E-state index in [2.05, 4.69) is 4.98 Å². The SMILES string of the molecule is COc1cc(N)c2ncccc2c1OCC(F)(F)F. The van der Waals surface area contributed by atoms with Crippen LogP contribution >= 0.6 is 0 Å². The van der Waals surface area contributed by atoms with Crippen molar-refractivity contribution in [2.45, 2.75) is 6.18 Å². The summed E-state index contributed by atoms with van der Waals surface area (Å²) in [5.41, 5.74) is 6.45. The van der Waals surface area contributed by atoms with Crippen LogP contribution in [0.2, 0.25) is 0 Å². The van der Waals surface area contributed by atoms with Crippen LogP contribution in [0.3, 0.4) is 0 Å². The van der Waals surface area contributed by atoms with Gasteiger partial charge in [-0.2, -0.15) is 13.2 Å². The number of nitrogens with two attached hydrogens (primary N) is 1. The smallest absolute Gasteiger partial charge is 0.422 e. The molecule has 0 saturated heterocycles. The molecular weight excluding hydrogens is 261 g/mol. The average Bonchev–Trinajstić information content (AvgIpc) is 2.36. The Morgan fingerprint density at radius 1 is 1.37 bits per heavy atom. The van der Waals surface area contributed by atoms with E-state index in [0.29, 0.717) is 16.6 Å². The van der Waals surface area contributed by atoms with E-state index in [1.54, 1.807) is 12.1 Å². The monoisotopic (exact) mass is 272 g/mol. The van der Waals surface area contributed by atoms with Crippen molar-refractivity contribution in [3.8, 4) is 11.5 Å². The number of halogens is 3. The van der Waals surface area contributed by atoms with Crippen molar-refractivity contribution in [1.82, 2.24) is 4.98 Å². The van der Waals surface area contributed by atoms with Crippen molar-refractivity contribution in [2.75, 3.05) is 19.5 Å². The van der Waals surface area contributed by atoms with Gasteiger partial charge in [-0.1, -0.05) is 0 Å². The number of nitrogen functional groups attached to an aromatic ring is 1. The molecule has 0 aliphatic carbocycles. The van der Waals surface area contributed by atoms with Crippen molar-refractivity contribution in [2.24, 2.45) is 0 Å². The first-order chi connectivity index (χ1) is 8.92. The predicted molar refractivity (Wildman–Crippen MR) is 64.3 cm³/mol. The highest BCUT2D eigenvalue weighted by Crippen LogP contribution is 2.38. The lowest BCUT2D eigenvalue weighted by Gasteiger charge is -2.15. The Bertz CT molecular complexity index is 599. The van der Waals surface area contributed by atoms with E-state index in [-0.39, 0.29) is 11.5 Å². The van der Waals surface area contributed by atoms with Crippen molar-refractivity contribution in [1.29, 1.82) is 0 Å². The Labute approximate surface area is 106 Å². The lowest BCUT2D eigenvalue weighted by Crippen LogP contribution is -2.19. The molecule has 0 aliphatic rings. The molecule has 2 rings (SSSR count). The van der Waals surface area contributed by atoms with Gasteiger partial charge in [0, 0.05) is 17.6 Å². The van der Waals surface area contributed by atoms with Gasteiger partial charge < -0.3 is 15.2 Å². The molecule has 102 valence electrons. The first kappa shape index (κ1) is 13.3.